The molecule has 0 radical (unpaired) electrons. The SMILES string of the molecule is c1ccc(-c2nc(-c3ccccc3)nc(-n3c4ccccc4c4ccc5c(c43)Cc3ccccc3-5)n2)cc1.c1ccc(-n2c3ccccc3c3c4c5ccccc5n(-c5cccc(-c6cncc7ccccc67)n5)c4ccc32)cc1. The van der Waals surface area contributed by atoms with Crippen LogP contribution in [0.3, 0.4) is 0 Å². The van der Waals surface area contributed by atoms with Crippen molar-refractivity contribution < 1.29 is 0 Å². The average Bonchev–Trinajstić information content (AvgIpc) is 4.44. The third kappa shape index (κ3) is 7.20. The summed E-state index contributed by atoms with van der Waals surface area (Å²) in [6.07, 6.45) is 4.72. The van der Waals surface area contributed by atoms with Crippen LogP contribution in [0, 0.1) is 0 Å². The van der Waals surface area contributed by atoms with E-state index < -0.39 is 0 Å². The van der Waals surface area contributed by atoms with E-state index in [9.17, 15) is 0 Å². The van der Waals surface area contributed by atoms with Gasteiger partial charge in [0, 0.05) is 78.9 Å². The maximum atomic E-state index is 5.25. The number of rotatable bonds is 6. The fourth-order valence-electron chi connectivity index (χ4n) is 12.4. The van der Waals surface area contributed by atoms with Gasteiger partial charge in [0.2, 0.25) is 5.95 Å². The molecule has 6 aromatic heterocycles. The van der Waals surface area contributed by atoms with Gasteiger partial charge in [0.1, 0.15) is 5.82 Å². The Morgan fingerprint density at radius 2 is 0.887 bits per heavy atom. The van der Waals surface area contributed by atoms with Gasteiger partial charge >= 0.3 is 0 Å². The molecule has 1 aliphatic rings. The monoisotopic (exact) mass is 1020 g/mol. The molecule has 1 aliphatic carbocycles. The number of hydrogen-bond acceptors (Lipinski definition) is 5. The van der Waals surface area contributed by atoms with Crippen LogP contribution in [-0.2, 0) is 6.42 Å². The van der Waals surface area contributed by atoms with Gasteiger partial charge in [-0.25, -0.2) is 9.97 Å². The highest BCUT2D eigenvalue weighted by Crippen LogP contribution is 2.45. The molecule has 374 valence electrons. The van der Waals surface area contributed by atoms with E-state index in [-0.39, 0.29) is 0 Å². The first-order chi connectivity index (χ1) is 39.7. The molecule has 0 saturated heterocycles. The Bertz CT molecular complexity index is 5030. The number of nitrogens with zero attached hydrogens (tertiary/aromatic N) is 8. The van der Waals surface area contributed by atoms with Crippen LogP contribution in [0.4, 0.5) is 0 Å². The van der Waals surface area contributed by atoms with Crippen molar-refractivity contribution in [3.63, 3.8) is 0 Å². The summed E-state index contributed by atoms with van der Waals surface area (Å²) in [6.45, 7) is 0. The number of hydrogen-bond donors (Lipinski definition) is 0. The highest BCUT2D eigenvalue weighted by Gasteiger charge is 2.27. The zero-order valence-electron chi connectivity index (χ0n) is 43.2. The number of benzene rings is 10. The van der Waals surface area contributed by atoms with Gasteiger partial charge in [-0.2, -0.15) is 9.97 Å². The molecule has 16 aromatic rings. The molecule has 8 heteroatoms. The minimum absolute atomic E-state index is 0.633. The Morgan fingerprint density at radius 3 is 1.59 bits per heavy atom. The minimum atomic E-state index is 0.633. The normalized spacial score (nSPS) is 11.9. The smallest absolute Gasteiger partial charge is 0.238 e. The van der Waals surface area contributed by atoms with Gasteiger partial charge in [0.05, 0.1) is 38.8 Å². The number of aromatic nitrogens is 8. The summed E-state index contributed by atoms with van der Waals surface area (Å²) in [5.74, 6) is 2.85. The molecule has 0 atom stereocenters. The number of fused-ring (bicyclic) bond motifs is 15. The Morgan fingerprint density at radius 1 is 0.325 bits per heavy atom. The molecule has 6 heterocycles. The molecular weight excluding hydrogens is 977 g/mol. The molecule has 0 unspecified atom stereocenters. The molecule has 17 rings (SSSR count). The summed E-state index contributed by atoms with van der Waals surface area (Å²) < 4.78 is 6.93. The first-order valence-electron chi connectivity index (χ1n) is 27.0. The Kier molecular flexibility index (Phi) is 10.5. The van der Waals surface area contributed by atoms with Crippen molar-refractivity contribution in [1.82, 2.24) is 38.6 Å². The fraction of sp³-hybridized carbons (Fsp3) is 0.0139. The summed E-state index contributed by atoms with van der Waals surface area (Å²) >= 11 is 0. The number of para-hydroxylation sites is 4. The first-order valence-corrected chi connectivity index (χ1v) is 27.0. The van der Waals surface area contributed by atoms with Crippen molar-refractivity contribution in [2.45, 2.75) is 6.42 Å². The van der Waals surface area contributed by atoms with Crippen LogP contribution in [0.25, 0.3) is 139 Å². The summed E-state index contributed by atoms with van der Waals surface area (Å²) in [7, 11) is 0. The zero-order chi connectivity index (χ0) is 52.7. The maximum Gasteiger partial charge on any atom is 0.238 e. The Balaban J connectivity index is 0.000000133. The highest BCUT2D eigenvalue weighted by molar-refractivity contribution is 6.29. The molecule has 0 aliphatic heterocycles. The van der Waals surface area contributed by atoms with E-state index in [1.54, 1.807) is 0 Å². The molecule has 80 heavy (non-hydrogen) atoms. The molecule has 0 N–H and O–H groups in total. The van der Waals surface area contributed by atoms with Crippen LogP contribution in [0.15, 0.2) is 267 Å². The summed E-state index contributed by atoms with van der Waals surface area (Å²) in [5, 5.41) is 9.64. The second-order valence-electron chi connectivity index (χ2n) is 20.4. The first kappa shape index (κ1) is 45.4. The second-order valence-corrected chi connectivity index (χ2v) is 20.4. The largest absolute Gasteiger partial charge is 0.309 e. The summed E-state index contributed by atoms with van der Waals surface area (Å²) in [4.78, 5) is 24.9. The minimum Gasteiger partial charge on any atom is -0.309 e. The van der Waals surface area contributed by atoms with Gasteiger partial charge in [-0.05, 0) is 82.2 Å². The van der Waals surface area contributed by atoms with Gasteiger partial charge in [0.15, 0.2) is 11.6 Å². The van der Waals surface area contributed by atoms with E-state index in [2.05, 4.69) is 207 Å². The van der Waals surface area contributed by atoms with E-state index >= 15 is 0 Å². The predicted molar refractivity (Wildman–Crippen MR) is 327 cm³/mol. The molecule has 0 spiro atoms. The van der Waals surface area contributed by atoms with E-state index in [1.165, 1.54) is 71.1 Å². The average molecular weight is 1020 g/mol. The van der Waals surface area contributed by atoms with E-state index in [0.717, 1.165) is 67.6 Å². The molecule has 10 aromatic carbocycles. The van der Waals surface area contributed by atoms with Crippen LogP contribution >= 0.6 is 0 Å². The lowest BCUT2D eigenvalue weighted by Gasteiger charge is -2.12. The van der Waals surface area contributed by atoms with Crippen molar-refractivity contribution in [2.24, 2.45) is 0 Å². The van der Waals surface area contributed by atoms with Crippen LogP contribution in [-0.4, -0.2) is 38.6 Å². The third-order valence-electron chi connectivity index (χ3n) is 15.9. The van der Waals surface area contributed by atoms with Gasteiger partial charge in [-0.15, -0.1) is 0 Å². The van der Waals surface area contributed by atoms with Crippen molar-refractivity contribution in [3.05, 3.63) is 278 Å². The standard InChI is InChI=1S/C38H24N4.C34H22N4/c1-2-12-26(13-3-1)41-32-18-8-6-15-28(32)37-34(41)21-22-35-38(37)29-16-7-9-19-33(29)42(35)36-20-10-17-31(40-36)30-24-39-23-25-11-4-5-14-27(25)30;1-3-11-22(12-4-1)32-35-33(23-13-5-2-6-14-23)37-34(36-32)38-30-18-10-9-17-27(30)28-20-19-26-25-16-8-7-15-24(25)21-29(26)31(28)38/h1-24H;1-20H,21H2. The third-order valence-corrected chi connectivity index (χ3v) is 15.9. The van der Waals surface area contributed by atoms with Gasteiger partial charge in [-0.3, -0.25) is 14.1 Å². The maximum absolute atomic E-state index is 5.25. The van der Waals surface area contributed by atoms with Crippen molar-refractivity contribution in [2.75, 3.05) is 0 Å². The Hall–Kier alpha value is -10.8. The fourth-order valence-corrected chi connectivity index (χ4v) is 12.4. The lowest BCUT2D eigenvalue weighted by molar-refractivity contribution is 0.950. The van der Waals surface area contributed by atoms with E-state index in [4.69, 9.17) is 19.9 Å². The van der Waals surface area contributed by atoms with Crippen molar-refractivity contribution >= 4 is 76.2 Å². The van der Waals surface area contributed by atoms with Crippen molar-refractivity contribution in [3.8, 4) is 62.6 Å². The molecule has 0 fully saturated rings. The van der Waals surface area contributed by atoms with Crippen molar-refractivity contribution in [1.29, 1.82) is 0 Å². The van der Waals surface area contributed by atoms with E-state index in [0.29, 0.717) is 17.6 Å². The molecule has 0 saturated carbocycles. The molecule has 8 nitrogen and oxygen atoms in total. The molecule has 0 bridgehead atoms. The number of pyridine rings is 2. The lowest BCUT2D eigenvalue weighted by atomic mass is 10.0. The summed E-state index contributed by atoms with van der Waals surface area (Å²) in [6, 6.07) is 89.3. The van der Waals surface area contributed by atoms with Crippen LogP contribution in [0.2, 0.25) is 0 Å². The molecule has 0 amide bonds. The zero-order valence-corrected chi connectivity index (χ0v) is 43.2. The van der Waals surface area contributed by atoms with Gasteiger partial charge < -0.3 is 4.57 Å². The van der Waals surface area contributed by atoms with Crippen LogP contribution in [0.1, 0.15) is 11.1 Å². The molecular formula is C72H46N8. The van der Waals surface area contributed by atoms with Gasteiger partial charge in [0.25, 0.3) is 0 Å². The Labute approximate surface area is 459 Å². The topological polar surface area (TPSA) is 79.2 Å². The predicted octanol–water partition coefficient (Wildman–Crippen LogP) is 17.4. The second kappa shape index (κ2) is 18.4. The quantitative estimate of drug-likeness (QED) is 0.166. The van der Waals surface area contributed by atoms with E-state index in [1.807, 2.05) is 79.1 Å². The highest BCUT2D eigenvalue weighted by atomic mass is 15.2. The van der Waals surface area contributed by atoms with Crippen LogP contribution < -0.4 is 0 Å². The summed E-state index contributed by atoms with van der Waals surface area (Å²) in [5.41, 5.74) is 17.2. The van der Waals surface area contributed by atoms with Crippen LogP contribution in [0.5, 0.6) is 0 Å². The van der Waals surface area contributed by atoms with Gasteiger partial charge in [-0.1, -0.05) is 200 Å². The lowest BCUT2D eigenvalue weighted by Crippen LogP contribution is -2.07.